The fraction of sp³-hybridized carbons (Fsp3) is 0.688. The highest BCUT2D eigenvalue weighted by molar-refractivity contribution is 5.70. The van der Waals surface area contributed by atoms with Crippen molar-refractivity contribution in [2.75, 3.05) is 0 Å². The maximum atomic E-state index is 11.5. The number of hydrogen-bond donors (Lipinski definition) is 1. The molecule has 1 saturated carbocycles. The molecule has 0 spiro atoms. The summed E-state index contributed by atoms with van der Waals surface area (Å²) in [5.41, 5.74) is 0. The molecule has 0 amide bonds. The molecule has 0 saturated heterocycles. The number of aliphatic hydroxyl groups excluding tert-OH is 1. The van der Waals surface area contributed by atoms with Crippen LogP contribution in [-0.4, -0.2) is 71.6 Å². The average molecular weight is 390 g/mol. The van der Waals surface area contributed by atoms with Crippen molar-refractivity contribution in [2.45, 2.75) is 71.2 Å². The van der Waals surface area contributed by atoms with Crippen molar-refractivity contribution in [2.24, 2.45) is 0 Å². The van der Waals surface area contributed by atoms with Crippen LogP contribution in [0, 0.1) is 0 Å². The lowest BCUT2D eigenvalue weighted by Crippen LogP contribution is -2.68. The predicted molar refractivity (Wildman–Crippen MR) is 83.8 cm³/mol. The topological polar surface area (TPSA) is 152 Å². The first-order chi connectivity index (χ1) is 12.4. The molecule has 0 aliphatic heterocycles. The third-order valence-corrected chi connectivity index (χ3v) is 3.48. The lowest BCUT2D eigenvalue weighted by atomic mass is 9.84. The highest BCUT2D eigenvalue weighted by atomic mass is 16.7. The molecule has 152 valence electrons. The summed E-state index contributed by atoms with van der Waals surface area (Å²) in [5.74, 6) is -4.20. The Morgan fingerprint density at radius 1 is 0.481 bits per heavy atom. The molecule has 1 aliphatic rings. The first kappa shape index (κ1) is 22.4. The molecule has 27 heavy (non-hydrogen) atoms. The molecule has 1 N–H and O–H groups in total. The number of aliphatic hydroxyl groups is 1. The summed E-state index contributed by atoms with van der Waals surface area (Å²) in [6.07, 6.45) is -9.37. The third-order valence-electron chi connectivity index (χ3n) is 3.48. The van der Waals surface area contributed by atoms with Crippen LogP contribution in [0.15, 0.2) is 0 Å². The van der Waals surface area contributed by atoms with Crippen LogP contribution >= 0.6 is 0 Å². The van der Waals surface area contributed by atoms with E-state index in [1.807, 2.05) is 0 Å². The fourth-order valence-corrected chi connectivity index (χ4v) is 2.77. The van der Waals surface area contributed by atoms with Crippen LogP contribution in [0.2, 0.25) is 0 Å². The summed E-state index contributed by atoms with van der Waals surface area (Å²) in [4.78, 5) is 57.4. The fourth-order valence-electron chi connectivity index (χ4n) is 2.77. The monoisotopic (exact) mass is 390 g/mol. The van der Waals surface area contributed by atoms with Gasteiger partial charge in [-0.2, -0.15) is 0 Å². The molecule has 11 heteroatoms. The van der Waals surface area contributed by atoms with Crippen LogP contribution in [0.5, 0.6) is 0 Å². The largest absolute Gasteiger partial charge is 0.455 e. The SMILES string of the molecule is CC(=O)OC1C(OC(C)=O)[C@@H](OC(C)=O)[C@@H](OC(C)=O)C(OC(C)=O)[C@H]1O. The zero-order valence-corrected chi connectivity index (χ0v) is 15.5. The molecule has 0 heterocycles. The molecule has 6 atom stereocenters. The predicted octanol–water partition coefficient (Wildman–Crippen LogP) is -0.981. The second-order valence-electron chi connectivity index (χ2n) is 5.86. The van der Waals surface area contributed by atoms with Crippen LogP contribution < -0.4 is 0 Å². The smallest absolute Gasteiger partial charge is 0.303 e. The number of rotatable bonds is 5. The number of ether oxygens (including phenoxy) is 5. The van der Waals surface area contributed by atoms with E-state index in [4.69, 9.17) is 23.7 Å². The lowest BCUT2D eigenvalue weighted by molar-refractivity contribution is -0.255. The standard InChI is InChI=1S/C16H22O11/c1-6(17)23-12-11(22)13(24-7(2)18)15(26-9(4)20)16(27-10(5)21)14(12)25-8(3)19/h11-16,22H,1-5H3/t11-,12?,13?,14+,15?,16+/m1/s1. The van der Waals surface area contributed by atoms with Crippen LogP contribution in [-0.2, 0) is 47.7 Å². The van der Waals surface area contributed by atoms with Gasteiger partial charge in [-0.3, -0.25) is 24.0 Å². The van der Waals surface area contributed by atoms with Crippen molar-refractivity contribution in [3.05, 3.63) is 0 Å². The zero-order valence-electron chi connectivity index (χ0n) is 15.5. The van der Waals surface area contributed by atoms with Crippen LogP contribution in [0.25, 0.3) is 0 Å². The van der Waals surface area contributed by atoms with Gasteiger partial charge in [0.15, 0.2) is 30.5 Å². The third kappa shape index (κ3) is 6.20. The Bertz CT molecular complexity index is 569. The van der Waals surface area contributed by atoms with Gasteiger partial charge in [-0.05, 0) is 0 Å². The molecule has 1 fully saturated rings. The minimum absolute atomic E-state index is 0.839. The second-order valence-corrected chi connectivity index (χ2v) is 5.86. The summed E-state index contributed by atoms with van der Waals surface area (Å²) >= 11 is 0. The number of hydrogen-bond acceptors (Lipinski definition) is 11. The average Bonchev–Trinajstić information content (AvgIpc) is 2.49. The van der Waals surface area contributed by atoms with Crippen molar-refractivity contribution in [3.8, 4) is 0 Å². The molecule has 1 aliphatic carbocycles. The summed E-state index contributed by atoms with van der Waals surface area (Å²) in [6.45, 7) is 5.21. The van der Waals surface area contributed by atoms with Gasteiger partial charge in [0.25, 0.3) is 0 Å². The van der Waals surface area contributed by atoms with E-state index in [0.717, 1.165) is 34.6 Å². The Balaban J connectivity index is 3.46. The van der Waals surface area contributed by atoms with Crippen molar-refractivity contribution in [1.82, 2.24) is 0 Å². The van der Waals surface area contributed by atoms with E-state index in [1.165, 1.54) is 0 Å². The first-order valence-corrected chi connectivity index (χ1v) is 7.98. The highest BCUT2D eigenvalue weighted by Crippen LogP contribution is 2.32. The minimum atomic E-state index is -1.74. The van der Waals surface area contributed by atoms with Gasteiger partial charge in [-0.25, -0.2) is 0 Å². The van der Waals surface area contributed by atoms with Crippen molar-refractivity contribution >= 4 is 29.8 Å². The van der Waals surface area contributed by atoms with Gasteiger partial charge in [0.2, 0.25) is 0 Å². The highest BCUT2D eigenvalue weighted by Gasteiger charge is 2.58. The molecule has 0 aromatic rings. The van der Waals surface area contributed by atoms with Gasteiger partial charge >= 0.3 is 29.8 Å². The molecular weight excluding hydrogens is 368 g/mol. The van der Waals surface area contributed by atoms with Gasteiger partial charge in [-0.1, -0.05) is 0 Å². The molecule has 0 bridgehead atoms. The van der Waals surface area contributed by atoms with Gasteiger partial charge in [0.05, 0.1) is 0 Å². The van der Waals surface area contributed by atoms with E-state index in [9.17, 15) is 29.1 Å². The molecule has 0 radical (unpaired) electrons. The van der Waals surface area contributed by atoms with Crippen molar-refractivity contribution < 1.29 is 52.8 Å². The van der Waals surface area contributed by atoms with Crippen LogP contribution in [0.1, 0.15) is 34.6 Å². The molecule has 11 nitrogen and oxygen atoms in total. The molecule has 1 rings (SSSR count). The second kappa shape index (κ2) is 9.31. The normalized spacial score (nSPS) is 29.9. The van der Waals surface area contributed by atoms with Crippen LogP contribution in [0.3, 0.4) is 0 Å². The molecule has 3 unspecified atom stereocenters. The van der Waals surface area contributed by atoms with E-state index in [0.29, 0.717) is 0 Å². The van der Waals surface area contributed by atoms with Gasteiger partial charge in [0, 0.05) is 34.6 Å². The van der Waals surface area contributed by atoms with Gasteiger partial charge in [-0.15, -0.1) is 0 Å². The van der Waals surface area contributed by atoms with E-state index >= 15 is 0 Å². The van der Waals surface area contributed by atoms with Crippen LogP contribution in [0.4, 0.5) is 0 Å². The Morgan fingerprint density at radius 2 is 0.667 bits per heavy atom. The number of carbonyl (C=O) groups is 5. The van der Waals surface area contributed by atoms with Crippen molar-refractivity contribution in [3.63, 3.8) is 0 Å². The Labute approximate surface area is 154 Å². The van der Waals surface area contributed by atoms with Crippen molar-refractivity contribution in [1.29, 1.82) is 0 Å². The Kier molecular flexibility index (Phi) is 7.70. The maximum Gasteiger partial charge on any atom is 0.303 e. The van der Waals surface area contributed by atoms with E-state index < -0.39 is 66.5 Å². The van der Waals surface area contributed by atoms with Gasteiger partial charge < -0.3 is 28.8 Å². The van der Waals surface area contributed by atoms with Gasteiger partial charge in [0.1, 0.15) is 6.10 Å². The number of esters is 5. The summed E-state index contributed by atoms with van der Waals surface area (Å²) in [5, 5.41) is 10.6. The summed E-state index contributed by atoms with van der Waals surface area (Å²) in [6, 6.07) is 0. The maximum absolute atomic E-state index is 11.5. The summed E-state index contributed by atoms with van der Waals surface area (Å²) in [7, 11) is 0. The first-order valence-electron chi connectivity index (χ1n) is 7.98. The Hall–Kier alpha value is -2.69. The van der Waals surface area contributed by atoms with E-state index in [1.54, 1.807) is 0 Å². The molecule has 0 aromatic carbocycles. The molecule has 0 aromatic heterocycles. The quantitative estimate of drug-likeness (QED) is 0.455. The Morgan fingerprint density at radius 3 is 0.889 bits per heavy atom. The molecular formula is C16H22O11. The zero-order chi connectivity index (χ0) is 20.9. The number of carbonyl (C=O) groups excluding carboxylic acids is 5. The van der Waals surface area contributed by atoms with E-state index in [-0.39, 0.29) is 0 Å². The summed E-state index contributed by atoms with van der Waals surface area (Å²) < 4.78 is 25.2. The van der Waals surface area contributed by atoms with E-state index in [2.05, 4.69) is 0 Å². The lowest BCUT2D eigenvalue weighted by Gasteiger charge is -2.45. The minimum Gasteiger partial charge on any atom is -0.455 e.